The Bertz CT molecular complexity index is 832. The van der Waals surface area contributed by atoms with E-state index in [0.717, 1.165) is 50.1 Å². The van der Waals surface area contributed by atoms with E-state index in [0.29, 0.717) is 13.1 Å². The van der Waals surface area contributed by atoms with E-state index >= 15 is 0 Å². The number of hydrogen-bond acceptors (Lipinski definition) is 5. The molecule has 2 fully saturated rings. The fraction of sp³-hybridized carbons (Fsp3) is 0.542. The van der Waals surface area contributed by atoms with Crippen LogP contribution in [-0.2, 0) is 6.54 Å². The second-order valence-corrected chi connectivity index (χ2v) is 8.58. The van der Waals surface area contributed by atoms with Crippen molar-refractivity contribution in [2.45, 2.75) is 45.1 Å². The molecule has 4 rings (SSSR count). The van der Waals surface area contributed by atoms with Crippen molar-refractivity contribution in [3.63, 3.8) is 0 Å². The van der Waals surface area contributed by atoms with E-state index in [1.807, 2.05) is 23.2 Å². The molecule has 3 heterocycles. The van der Waals surface area contributed by atoms with Gasteiger partial charge in [-0.15, -0.1) is 37.2 Å². The number of halogens is 3. The van der Waals surface area contributed by atoms with Crippen LogP contribution in [0.2, 0.25) is 0 Å². The zero-order valence-electron chi connectivity index (χ0n) is 19.4. The summed E-state index contributed by atoms with van der Waals surface area (Å²) in [6, 6.07) is 7.71. The summed E-state index contributed by atoms with van der Waals surface area (Å²) in [5, 5.41) is 2.91. The van der Waals surface area contributed by atoms with E-state index in [1.54, 1.807) is 12.4 Å². The molecular formula is C24H36Cl3N5O2. The topological polar surface area (TPSA) is 70.6 Å². The zero-order chi connectivity index (χ0) is 21.3. The third-order valence-electron chi connectivity index (χ3n) is 6.28. The monoisotopic (exact) mass is 531 g/mol. The van der Waals surface area contributed by atoms with Crippen LogP contribution in [0.5, 0.6) is 5.88 Å². The molecule has 2 amide bonds. The molecule has 190 valence electrons. The lowest BCUT2D eigenvalue weighted by Gasteiger charge is -2.34. The molecular weight excluding hydrogens is 497 g/mol. The molecule has 1 saturated carbocycles. The van der Waals surface area contributed by atoms with Crippen LogP contribution < -0.4 is 10.1 Å². The lowest BCUT2D eigenvalue weighted by atomic mass is 9.87. The second-order valence-electron chi connectivity index (χ2n) is 8.58. The third kappa shape index (κ3) is 9.45. The van der Waals surface area contributed by atoms with Gasteiger partial charge in [-0.2, -0.15) is 0 Å². The third-order valence-corrected chi connectivity index (χ3v) is 6.28. The first kappa shape index (κ1) is 30.2. The number of pyridine rings is 2. The number of urea groups is 1. The average Bonchev–Trinajstić information content (AvgIpc) is 2.81. The quantitative estimate of drug-likeness (QED) is 0.514. The van der Waals surface area contributed by atoms with E-state index in [9.17, 15) is 4.79 Å². The van der Waals surface area contributed by atoms with Crippen LogP contribution in [-0.4, -0.2) is 58.6 Å². The van der Waals surface area contributed by atoms with Crippen molar-refractivity contribution in [2.75, 3.05) is 38.1 Å². The highest BCUT2D eigenvalue weighted by Gasteiger charge is 2.21. The van der Waals surface area contributed by atoms with Crippen LogP contribution in [0.3, 0.4) is 0 Å². The predicted molar refractivity (Wildman–Crippen MR) is 143 cm³/mol. The number of carbonyl (C=O) groups is 1. The largest absolute Gasteiger partial charge is 0.478 e. The number of rotatable bonds is 7. The van der Waals surface area contributed by atoms with Gasteiger partial charge in [0.05, 0.1) is 18.5 Å². The Morgan fingerprint density at radius 2 is 1.79 bits per heavy atom. The van der Waals surface area contributed by atoms with E-state index in [1.165, 1.54) is 37.7 Å². The van der Waals surface area contributed by atoms with Gasteiger partial charge in [0.15, 0.2) is 0 Å². The highest BCUT2D eigenvalue weighted by atomic mass is 35.5. The number of nitrogens with one attached hydrogen (secondary N) is 1. The van der Waals surface area contributed by atoms with Gasteiger partial charge in [-0.05, 0) is 36.1 Å². The molecule has 2 aliphatic rings. The summed E-state index contributed by atoms with van der Waals surface area (Å²) in [6.07, 6.45) is 13.2. The first-order chi connectivity index (χ1) is 15.3. The van der Waals surface area contributed by atoms with Crippen LogP contribution in [0.4, 0.5) is 10.5 Å². The molecule has 0 atom stereocenters. The smallest absolute Gasteiger partial charge is 0.321 e. The van der Waals surface area contributed by atoms with Crippen LogP contribution >= 0.6 is 37.2 Å². The summed E-state index contributed by atoms with van der Waals surface area (Å²) in [5.41, 5.74) is 1.93. The first-order valence-corrected chi connectivity index (χ1v) is 11.5. The van der Waals surface area contributed by atoms with E-state index < -0.39 is 0 Å². The maximum absolute atomic E-state index is 12.4. The molecule has 1 saturated heterocycles. The zero-order valence-corrected chi connectivity index (χ0v) is 21.9. The molecule has 0 unspecified atom stereocenters. The lowest BCUT2D eigenvalue weighted by Crippen LogP contribution is -2.49. The number of ether oxygens (including phenoxy) is 1. The SMILES string of the molecule is Cl.Cl.Cl.O=C(Nc1cccnc1)N1CCN(Cc2ccnc(OCCC3CCCCC3)c2)CC1. The van der Waals surface area contributed by atoms with E-state index in [-0.39, 0.29) is 43.3 Å². The normalized spacial score (nSPS) is 16.4. The Hall–Kier alpha value is -1.80. The molecule has 0 spiro atoms. The number of carbonyl (C=O) groups excluding carboxylic acids is 1. The van der Waals surface area contributed by atoms with Crippen molar-refractivity contribution in [2.24, 2.45) is 5.92 Å². The number of nitrogens with zero attached hydrogens (tertiary/aromatic N) is 4. The Morgan fingerprint density at radius 3 is 2.50 bits per heavy atom. The molecule has 2 aromatic rings. The van der Waals surface area contributed by atoms with Crippen LogP contribution in [0.15, 0.2) is 42.9 Å². The minimum absolute atomic E-state index is 0. The maximum atomic E-state index is 12.4. The van der Waals surface area contributed by atoms with Crippen molar-refractivity contribution in [1.82, 2.24) is 19.8 Å². The predicted octanol–water partition coefficient (Wildman–Crippen LogP) is 5.44. The molecule has 1 aliphatic carbocycles. The Labute approximate surface area is 221 Å². The van der Waals surface area contributed by atoms with Gasteiger partial charge in [-0.25, -0.2) is 9.78 Å². The van der Waals surface area contributed by atoms with Crippen molar-refractivity contribution in [3.05, 3.63) is 48.4 Å². The Morgan fingerprint density at radius 1 is 1.03 bits per heavy atom. The van der Waals surface area contributed by atoms with Crippen LogP contribution in [0.25, 0.3) is 0 Å². The summed E-state index contributed by atoms with van der Waals surface area (Å²) in [6.45, 7) is 4.72. The average molecular weight is 533 g/mol. The van der Waals surface area contributed by atoms with E-state index in [4.69, 9.17) is 4.74 Å². The van der Waals surface area contributed by atoms with Crippen molar-refractivity contribution in [1.29, 1.82) is 0 Å². The minimum atomic E-state index is -0.0646. The number of piperazine rings is 1. The molecule has 0 radical (unpaired) electrons. The molecule has 0 bridgehead atoms. The van der Waals surface area contributed by atoms with Crippen molar-refractivity contribution < 1.29 is 9.53 Å². The fourth-order valence-corrected chi connectivity index (χ4v) is 4.44. The molecule has 2 aromatic heterocycles. The van der Waals surface area contributed by atoms with Gasteiger partial charge in [0.25, 0.3) is 0 Å². The summed E-state index contributed by atoms with van der Waals surface area (Å²) < 4.78 is 5.95. The highest BCUT2D eigenvalue weighted by molar-refractivity contribution is 5.89. The molecule has 0 aromatic carbocycles. The maximum Gasteiger partial charge on any atom is 0.321 e. The van der Waals surface area contributed by atoms with Gasteiger partial charge in [0.2, 0.25) is 5.88 Å². The second kappa shape index (κ2) is 16.0. The van der Waals surface area contributed by atoms with Gasteiger partial charge in [0.1, 0.15) is 0 Å². The Balaban J connectivity index is 0.00000193. The van der Waals surface area contributed by atoms with Gasteiger partial charge in [0, 0.05) is 51.2 Å². The fourth-order valence-electron chi connectivity index (χ4n) is 4.44. The number of amides is 2. The lowest BCUT2D eigenvalue weighted by molar-refractivity contribution is 0.143. The number of hydrogen-bond donors (Lipinski definition) is 1. The molecule has 10 heteroatoms. The number of anilines is 1. The molecule has 1 N–H and O–H groups in total. The first-order valence-electron chi connectivity index (χ1n) is 11.5. The summed E-state index contributed by atoms with van der Waals surface area (Å²) in [4.78, 5) is 25.1. The molecule has 1 aliphatic heterocycles. The molecule has 34 heavy (non-hydrogen) atoms. The van der Waals surface area contributed by atoms with Gasteiger partial charge in [-0.1, -0.05) is 32.1 Å². The minimum Gasteiger partial charge on any atom is -0.478 e. The molecule has 7 nitrogen and oxygen atoms in total. The highest BCUT2D eigenvalue weighted by Crippen LogP contribution is 2.26. The summed E-state index contributed by atoms with van der Waals surface area (Å²) >= 11 is 0. The summed E-state index contributed by atoms with van der Waals surface area (Å²) in [5.74, 6) is 1.55. The van der Waals surface area contributed by atoms with Crippen molar-refractivity contribution >= 4 is 48.9 Å². The van der Waals surface area contributed by atoms with Gasteiger partial charge < -0.3 is 15.0 Å². The van der Waals surface area contributed by atoms with Gasteiger partial charge in [-0.3, -0.25) is 9.88 Å². The standard InChI is InChI=1S/C24H33N5O2.3ClH/c30-24(27-22-7-4-10-25-18-22)29-14-12-28(13-15-29)19-21-8-11-26-23(17-21)31-16-9-20-5-2-1-3-6-20;;;/h4,7-8,10-11,17-18,20H,1-3,5-6,9,12-16,19H2,(H,27,30);3*1H. The van der Waals surface area contributed by atoms with Crippen LogP contribution in [0, 0.1) is 5.92 Å². The van der Waals surface area contributed by atoms with Crippen LogP contribution in [0.1, 0.15) is 44.1 Å². The Kier molecular flexibility index (Phi) is 14.2. The van der Waals surface area contributed by atoms with Crippen molar-refractivity contribution in [3.8, 4) is 5.88 Å². The number of aromatic nitrogens is 2. The van der Waals surface area contributed by atoms with E-state index in [2.05, 4.69) is 32.3 Å². The summed E-state index contributed by atoms with van der Waals surface area (Å²) in [7, 11) is 0. The van der Waals surface area contributed by atoms with Gasteiger partial charge >= 0.3 is 6.03 Å².